The van der Waals surface area contributed by atoms with Crippen molar-refractivity contribution in [2.45, 2.75) is 44.8 Å². The van der Waals surface area contributed by atoms with Crippen LogP contribution in [0, 0.1) is 0 Å². The molecule has 0 saturated carbocycles. The Labute approximate surface area is 192 Å². The van der Waals surface area contributed by atoms with Crippen molar-refractivity contribution in [3.63, 3.8) is 0 Å². The topological polar surface area (TPSA) is 77.6 Å². The summed E-state index contributed by atoms with van der Waals surface area (Å²) >= 11 is 12.1. The number of carbonyl (C=O) groups excluding carboxylic acids is 1. The van der Waals surface area contributed by atoms with E-state index in [-0.39, 0.29) is 24.3 Å². The summed E-state index contributed by atoms with van der Waals surface area (Å²) in [5.74, 6) is 0.0129. The third kappa shape index (κ3) is 5.83. The normalized spacial score (nSPS) is 22.9. The third-order valence-electron chi connectivity index (χ3n) is 5.73. The Bertz CT molecular complexity index is 935. The van der Waals surface area contributed by atoms with Crippen molar-refractivity contribution in [2.24, 2.45) is 0 Å². The maximum atomic E-state index is 12.7. The first kappa shape index (κ1) is 23.7. The van der Waals surface area contributed by atoms with Crippen LogP contribution in [-0.4, -0.2) is 59.3 Å². The summed E-state index contributed by atoms with van der Waals surface area (Å²) in [6, 6.07) is 6.20. The minimum atomic E-state index is -0.234. The molecule has 1 aliphatic rings. The molecule has 1 aromatic carbocycles. The molecule has 1 aromatic heterocycles. The van der Waals surface area contributed by atoms with E-state index in [1.54, 1.807) is 18.2 Å². The van der Waals surface area contributed by atoms with E-state index in [9.17, 15) is 9.90 Å². The number of likely N-dealkylation sites (tertiary alicyclic amines) is 1. The minimum absolute atomic E-state index is 0.0678. The quantitative estimate of drug-likeness (QED) is 0.322. The Morgan fingerprint density at radius 2 is 1.94 bits per heavy atom. The van der Waals surface area contributed by atoms with Crippen LogP contribution in [0.2, 0.25) is 10.0 Å². The Hall–Kier alpha value is -1.99. The van der Waals surface area contributed by atoms with Crippen LogP contribution in [0.1, 0.15) is 32.4 Å². The monoisotopic (exact) mass is 465 g/mol. The number of β-amino-alcohol motifs (C(OH)–C–C–N with tert-alkyl or cyclic N) is 1. The van der Waals surface area contributed by atoms with Crippen molar-refractivity contribution < 1.29 is 14.6 Å². The number of nitrogens with one attached hydrogen (secondary N) is 2. The van der Waals surface area contributed by atoms with Gasteiger partial charge in [0.15, 0.2) is 5.76 Å². The Morgan fingerprint density at radius 1 is 1.26 bits per heavy atom. The maximum Gasteiger partial charge on any atom is 0.286 e. The molecule has 2 aromatic rings. The van der Waals surface area contributed by atoms with Gasteiger partial charge >= 0.3 is 0 Å². The fourth-order valence-corrected chi connectivity index (χ4v) is 4.61. The van der Waals surface area contributed by atoms with Gasteiger partial charge in [-0.1, -0.05) is 29.3 Å². The number of H-pyrrole nitrogens is 1. The summed E-state index contributed by atoms with van der Waals surface area (Å²) in [4.78, 5) is 18.2. The first-order chi connectivity index (χ1) is 14.8. The van der Waals surface area contributed by atoms with Crippen molar-refractivity contribution >= 4 is 46.1 Å². The lowest BCUT2D eigenvalue weighted by atomic mass is 9.92. The number of nitrogens with zero attached hydrogens (tertiary/aromatic N) is 1. The molecule has 3 rings (SSSR count). The van der Waals surface area contributed by atoms with Gasteiger partial charge in [-0.15, -0.1) is 0 Å². The number of ether oxygens (including phenoxy) is 1. The average Bonchev–Trinajstić information content (AvgIpc) is 3.09. The summed E-state index contributed by atoms with van der Waals surface area (Å²) in [6.07, 6.45) is 6.94. The number of amides is 1. The van der Waals surface area contributed by atoms with Crippen LogP contribution in [0.3, 0.4) is 0 Å². The van der Waals surface area contributed by atoms with Crippen LogP contribution in [0.5, 0.6) is 0 Å². The molecule has 1 fully saturated rings. The van der Waals surface area contributed by atoms with Gasteiger partial charge in [0, 0.05) is 41.3 Å². The number of benzene rings is 1. The Balaban J connectivity index is 1.64. The van der Waals surface area contributed by atoms with Gasteiger partial charge in [0.2, 0.25) is 0 Å². The highest BCUT2D eigenvalue weighted by atomic mass is 35.5. The number of hydrogen-bond donors (Lipinski definition) is 3. The van der Waals surface area contributed by atoms with E-state index in [0.717, 1.165) is 29.4 Å². The Morgan fingerprint density at radius 3 is 2.58 bits per heavy atom. The predicted octanol–water partition coefficient (Wildman–Crippen LogP) is 4.37. The molecule has 2 atom stereocenters. The van der Waals surface area contributed by atoms with Gasteiger partial charge in [0.05, 0.1) is 23.8 Å². The van der Waals surface area contributed by atoms with Crippen LogP contribution >= 0.6 is 23.2 Å². The number of aliphatic hydroxyl groups is 1. The second-order valence-electron chi connectivity index (χ2n) is 7.97. The lowest BCUT2D eigenvalue weighted by Gasteiger charge is -2.42. The molecule has 3 N–H and O–H groups in total. The molecule has 6 nitrogen and oxygen atoms in total. The van der Waals surface area contributed by atoms with Gasteiger partial charge in [0.25, 0.3) is 5.91 Å². The maximum absolute atomic E-state index is 12.7. The van der Waals surface area contributed by atoms with Crippen molar-refractivity contribution in [2.75, 3.05) is 20.3 Å². The van der Waals surface area contributed by atoms with E-state index in [4.69, 9.17) is 27.9 Å². The lowest BCUT2D eigenvalue weighted by Crippen LogP contribution is -2.53. The SMILES string of the molecule is CO/C(=C\C=C\c1cc2cc(Cl)c(Cl)cc2[nH]1)C(=O)NC1CC(C)N(CCO)C(C)C1. The largest absolute Gasteiger partial charge is 0.491 e. The van der Waals surface area contributed by atoms with E-state index < -0.39 is 0 Å². The number of fused-ring (bicyclic) bond motifs is 1. The zero-order valence-electron chi connectivity index (χ0n) is 18.0. The summed E-state index contributed by atoms with van der Waals surface area (Å²) in [5.41, 5.74) is 1.75. The van der Waals surface area contributed by atoms with Gasteiger partial charge in [-0.25, -0.2) is 0 Å². The molecule has 1 aliphatic heterocycles. The van der Waals surface area contributed by atoms with Crippen molar-refractivity contribution in [3.8, 4) is 0 Å². The first-order valence-corrected chi connectivity index (χ1v) is 11.2. The summed E-state index contributed by atoms with van der Waals surface area (Å²) in [7, 11) is 1.49. The van der Waals surface area contributed by atoms with Gasteiger partial charge in [0.1, 0.15) is 0 Å². The van der Waals surface area contributed by atoms with Crippen LogP contribution in [-0.2, 0) is 9.53 Å². The smallest absolute Gasteiger partial charge is 0.286 e. The number of methoxy groups -OCH3 is 1. The van der Waals surface area contributed by atoms with E-state index >= 15 is 0 Å². The summed E-state index contributed by atoms with van der Waals surface area (Å²) in [5, 5.41) is 14.3. The van der Waals surface area contributed by atoms with Gasteiger partial charge in [-0.05, 0) is 57.0 Å². The fraction of sp³-hybridized carbons (Fsp3) is 0.435. The molecule has 2 unspecified atom stereocenters. The van der Waals surface area contributed by atoms with E-state index in [2.05, 4.69) is 29.0 Å². The van der Waals surface area contributed by atoms with Crippen molar-refractivity contribution in [1.29, 1.82) is 0 Å². The number of aliphatic hydroxyl groups excluding tert-OH is 1. The van der Waals surface area contributed by atoms with E-state index in [1.165, 1.54) is 7.11 Å². The molecule has 1 amide bonds. The van der Waals surface area contributed by atoms with Crippen molar-refractivity contribution in [3.05, 3.63) is 51.8 Å². The number of hydrogen-bond acceptors (Lipinski definition) is 4. The number of piperidine rings is 1. The lowest BCUT2D eigenvalue weighted by molar-refractivity contribution is -0.121. The standard InChI is InChI=1S/C23H29Cl2N3O3/c1-14-9-18(10-15(2)28(14)7-8-29)27-23(30)22(31-3)6-4-5-17-11-16-12-19(24)20(25)13-21(16)26-17/h4-6,11-15,18,26,29H,7-10H2,1-3H3,(H,27,30)/b5-4+,22-6-. The number of halogens is 2. The highest BCUT2D eigenvalue weighted by molar-refractivity contribution is 6.42. The van der Waals surface area contributed by atoms with Crippen LogP contribution in [0.4, 0.5) is 0 Å². The molecule has 0 spiro atoms. The molecule has 2 heterocycles. The highest BCUT2D eigenvalue weighted by Crippen LogP contribution is 2.28. The number of aromatic nitrogens is 1. The average molecular weight is 466 g/mol. The van der Waals surface area contributed by atoms with Crippen LogP contribution in [0.15, 0.2) is 36.1 Å². The van der Waals surface area contributed by atoms with Crippen LogP contribution < -0.4 is 5.32 Å². The molecule has 0 aliphatic carbocycles. The minimum Gasteiger partial charge on any atom is -0.491 e. The van der Waals surface area contributed by atoms with Gasteiger partial charge in [-0.2, -0.15) is 0 Å². The Kier molecular flexibility index (Phi) is 8.06. The third-order valence-corrected chi connectivity index (χ3v) is 6.45. The number of carbonyl (C=O) groups is 1. The van der Waals surface area contributed by atoms with Crippen LogP contribution in [0.25, 0.3) is 17.0 Å². The van der Waals surface area contributed by atoms with Gasteiger partial charge in [-0.3, -0.25) is 9.69 Å². The zero-order chi connectivity index (χ0) is 22.5. The molecular formula is C23H29Cl2N3O3. The molecule has 31 heavy (non-hydrogen) atoms. The second kappa shape index (κ2) is 10.6. The predicted molar refractivity (Wildman–Crippen MR) is 126 cm³/mol. The molecular weight excluding hydrogens is 437 g/mol. The summed E-state index contributed by atoms with van der Waals surface area (Å²) < 4.78 is 5.30. The van der Waals surface area contributed by atoms with E-state index in [1.807, 2.05) is 18.2 Å². The molecule has 0 bridgehead atoms. The number of rotatable bonds is 7. The van der Waals surface area contributed by atoms with Gasteiger partial charge < -0.3 is 20.1 Å². The van der Waals surface area contributed by atoms with Crippen molar-refractivity contribution in [1.82, 2.24) is 15.2 Å². The highest BCUT2D eigenvalue weighted by Gasteiger charge is 2.31. The van der Waals surface area contributed by atoms with E-state index in [0.29, 0.717) is 28.7 Å². The zero-order valence-corrected chi connectivity index (χ0v) is 19.5. The number of aromatic amines is 1. The number of allylic oxidation sites excluding steroid dienone is 2. The summed E-state index contributed by atoms with van der Waals surface area (Å²) in [6.45, 7) is 5.05. The molecule has 8 heteroatoms. The fourth-order valence-electron chi connectivity index (χ4n) is 4.27. The second-order valence-corrected chi connectivity index (χ2v) is 8.79. The first-order valence-electron chi connectivity index (χ1n) is 10.4. The molecule has 0 radical (unpaired) electrons. The molecule has 168 valence electrons. The molecule has 1 saturated heterocycles.